The van der Waals surface area contributed by atoms with Crippen molar-refractivity contribution >= 4 is 0 Å². The fourth-order valence-electron chi connectivity index (χ4n) is 9.77. The third kappa shape index (κ3) is 22.1. The van der Waals surface area contributed by atoms with Gasteiger partial charge in [-0.3, -0.25) is 0 Å². The fraction of sp³-hybridized carbons (Fsp3) is 0.385. The van der Waals surface area contributed by atoms with Gasteiger partial charge in [-0.15, -0.1) is 0 Å². The van der Waals surface area contributed by atoms with E-state index in [2.05, 4.69) is 100 Å². The van der Waals surface area contributed by atoms with Crippen molar-refractivity contribution in [1.82, 2.24) is 0 Å². The van der Waals surface area contributed by atoms with Crippen LogP contribution in [0.2, 0.25) is 0 Å². The lowest BCUT2D eigenvalue weighted by atomic mass is 9.78. The van der Waals surface area contributed by atoms with Crippen molar-refractivity contribution in [3.8, 4) is 46.0 Å². The van der Waals surface area contributed by atoms with E-state index in [1.807, 2.05) is 121 Å². The number of aliphatic hydroxyl groups excluding tert-OH is 2. The maximum absolute atomic E-state index is 10.5. The molecule has 14 nitrogen and oxygen atoms in total. The highest BCUT2D eigenvalue weighted by Crippen LogP contribution is 2.36. The topological polar surface area (TPSA) is 164 Å². The molecule has 8 aromatic carbocycles. The van der Waals surface area contributed by atoms with Crippen LogP contribution in [0.15, 0.2) is 194 Å². The molecule has 0 spiro atoms. The molecule has 4 saturated heterocycles. The van der Waals surface area contributed by atoms with Crippen LogP contribution in [0, 0.1) is 0 Å². The molecule has 4 aliphatic heterocycles. The molecule has 4 aliphatic rings. The molecule has 0 saturated carbocycles. The predicted octanol–water partition coefficient (Wildman–Crippen LogP) is 14.5. The van der Waals surface area contributed by atoms with Gasteiger partial charge in [0.05, 0.1) is 26.4 Å². The molecule has 4 fully saturated rings. The van der Waals surface area contributed by atoms with E-state index in [0.29, 0.717) is 49.4 Å². The maximum Gasteiger partial charge on any atom is 0.122 e. The summed E-state index contributed by atoms with van der Waals surface area (Å²) in [4.78, 5) is 0. The lowest BCUT2D eigenvalue weighted by molar-refractivity contribution is 0.0626. The van der Waals surface area contributed by atoms with Crippen molar-refractivity contribution in [1.29, 1.82) is 0 Å². The number of aliphatic hydroxyl groups is 2. The molecule has 0 aromatic heterocycles. The molecule has 2 N–H and O–H groups in total. The van der Waals surface area contributed by atoms with Gasteiger partial charge in [-0.25, -0.2) is 0 Å². The summed E-state index contributed by atoms with van der Waals surface area (Å²) in [7, 11) is 0. The van der Waals surface area contributed by atoms with Crippen LogP contribution in [-0.2, 0) is 42.6 Å². The van der Waals surface area contributed by atoms with Crippen molar-refractivity contribution < 1.29 is 67.1 Å². The molecule has 14 heteroatoms. The van der Waals surface area contributed by atoms with Crippen LogP contribution in [-0.4, -0.2) is 126 Å². The van der Waals surface area contributed by atoms with E-state index in [9.17, 15) is 10.2 Å². The summed E-state index contributed by atoms with van der Waals surface area (Å²) in [5.41, 5.74) is 9.11. The maximum atomic E-state index is 10.5. The van der Waals surface area contributed by atoms with Gasteiger partial charge in [-0.2, -0.15) is 0 Å². The zero-order chi connectivity index (χ0) is 60.7. The lowest BCUT2D eigenvalue weighted by Crippen LogP contribution is -2.25. The number of rotatable bonds is 32. The van der Waals surface area contributed by atoms with Crippen LogP contribution >= 0.6 is 0 Å². The van der Waals surface area contributed by atoms with E-state index in [4.69, 9.17) is 56.8 Å². The molecule has 492 valence electrons. The molecule has 4 unspecified atom stereocenters. The van der Waals surface area contributed by atoms with Gasteiger partial charge in [0.1, 0.15) is 135 Å². The molecule has 4 heterocycles. The Hall–Kier alpha value is -8.08. The Labute approximate surface area is 546 Å². The number of hydrogen-bond donors (Lipinski definition) is 2. The first-order valence-corrected chi connectivity index (χ1v) is 30.4. The molecular formula is C78H96O14. The summed E-state index contributed by atoms with van der Waals surface area (Å²) in [6.45, 7) is 15.0. The normalized spacial score (nSPS) is 17.1. The number of epoxide rings is 4. The average Bonchev–Trinajstić information content (AvgIpc) is 1.80. The van der Waals surface area contributed by atoms with E-state index in [1.54, 1.807) is 0 Å². The Balaban J connectivity index is 0.000000251. The number of benzene rings is 8. The van der Waals surface area contributed by atoms with Crippen molar-refractivity contribution in [2.45, 2.75) is 118 Å². The first kappa shape index (κ1) is 71.4. The van der Waals surface area contributed by atoms with Crippen LogP contribution < -0.4 is 37.9 Å². The fourth-order valence-corrected chi connectivity index (χ4v) is 9.77. The van der Waals surface area contributed by atoms with Crippen LogP contribution in [0.25, 0.3) is 0 Å². The van der Waals surface area contributed by atoms with Gasteiger partial charge >= 0.3 is 0 Å². The summed E-state index contributed by atoms with van der Waals surface area (Å²) in [5.74, 6) is 6.26. The summed E-state index contributed by atoms with van der Waals surface area (Å²) >= 11 is 0. The SMILES string of the molecule is C.C.C.C.CC(C)(c1ccc(OCC(O)COc2ccc(C(C)(C)c3ccc(OCC4CO4)cc3)cc2)cc1)c1ccc(OCC2CO2)cc1.OC(COc1ccc(Cc2ccc(OCC3CO3)cc2)cc1)COc1ccc(Cc2ccc(OCC3CO3)cc2)cc1. The van der Waals surface area contributed by atoms with Gasteiger partial charge in [0.15, 0.2) is 0 Å². The molecule has 8 aromatic rings. The second-order valence-corrected chi connectivity index (χ2v) is 23.9. The quantitative estimate of drug-likeness (QED) is 0.0383. The Kier molecular flexibility index (Phi) is 26.4. The first-order chi connectivity index (χ1) is 42.8. The van der Waals surface area contributed by atoms with Gasteiger partial charge in [-0.05, 0) is 154 Å². The number of hydrogen-bond acceptors (Lipinski definition) is 14. The standard InChI is InChI=1S/C39H44O7.C35H36O7.4CH4/c1-38(2,29-9-17-34(18-10-29)43-23-36-25-45-36)27-5-13-32(14-6-27)41-21-31(40)22-42-33-15-7-28(8-16-33)39(3,4)30-11-19-35(20-12-30)44-24-37-26-46-37;36-29(19-37-30-9-1-25(2-10-30)17-27-5-13-32(14-6-27)39-21-34-23-41-34)20-38-31-11-3-26(4-12-31)18-28-7-15-33(16-8-28)40-22-35-24-42-35;;;;/h5-20,31,36-37,40H,21-26H2,1-4H3;1-16,29,34-36H,17-24H2;4*1H4. The monoisotopic (exact) mass is 1260 g/mol. The smallest absolute Gasteiger partial charge is 0.122 e. The summed E-state index contributed by atoms with van der Waals surface area (Å²) in [6.07, 6.45) is 1.11. The number of ether oxygens (including phenoxy) is 12. The van der Waals surface area contributed by atoms with Gasteiger partial charge in [0.2, 0.25) is 0 Å². The third-order valence-electron chi connectivity index (χ3n) is 15.9. The highest BCUT2D eigenvalue weighted by Gasteiger charge is 2.28. The Morgan fingerprint density at radius 3 is 0.630 bits per heavy atom. The van der Waals surface area contributed by atoms with Crippen molar-refractivity contribution in [2.75, 3.05) is 79.3 Å². The largest absolute Gasteiger partial charge is 0.491 e. The molecule has 4 atom stereocenters. The molecule has 0 aliphatic carbocycles. The van der Waals surface area contributed by atoms with Gasteiger partial charge < -0.3 is 67.1 Å². The van der Waals surface area contributed by atoms with Gasteiger partial charge in [0, 0.05) is 10.8 Å². The Morgan fingerprint density at radius 1 is 0.293 bits per heavy atom. The molecule has 92 heavy (non-hydrogen) atoms. The first-order valence-electron chi connectivity index (χ1n) is 30.4. The van der Waals surface area contributed by atoms with Gasteiger partial charge in [-0.1, -0.05) is 154 Å². The molecule has 0 bridgehead atoms. The summed E-state index contributed by atoms with van der Waals surface area (Å²) < 4.78 is 67.0. The lowest BCUT2D eigenvalue weighted by Gasteiger charge is -2.26. The molecule has 0 amide bonds. The van der Waals surface area contributed by atoms with E-state index in [1.165, 1.54) is 44.5 Å². The van der Waals surface area contributed by atoms with Crippen molar-refractivity contribution in [3.05, 3.63) is 239 Å². The molecular weight excluding hydrogens is 1160 g/mol. The van der Waals surface area contributed by atoms with Crippen LogP contribution in [0.4, 0.5) is 0 Å². The van der Waals surface area contributed by atoms with Crippen molar-refractivity contribution in [3.63, 3.8) is 0 Å². The van der Waals surface area contributed by atoms with E-state index < -0.39 is 12.2 Å². The zero-order valence-corrected chi connectivity index (χ0v) is 50.6. The zero-order valence-electron chi connectivity index (χ0n) is 50.6. The van der Waals surface area contributed by atoms with E-state index in [-0.39, 0.29) is 91.4 Å². The van der Waals surface area contributed by atoms with Crippen LogP contribution in [0.5, 0.6) is 46.0 Å². The van der Waals surface area contributed by atoms with Crippen LogP contribution in [0.3, 0.4) is 0 Å². The predicted molar refractivity (Wildman–Crippen MR) is 363 cm³/mol. The summed E-state index contributed by atoms with van der Waals surface area (Å²) in [6, 6.07) is 64.8. The highest BCUT2D eigenvalue weighted by molar-refractivity contribution is 5.44. The third-order valence-corrected chi connectivity index (χ3v) is 15.9. The highest BCUT2D eigenvalue weighted by atomic mass is 16.6. The minimum absolute atomic E-state index is 0. The van der Waals surface area contributed by atoms with E-state index in [0.717, 1.165) is 62.3 Å². The minimum atomic E-state index is -0.772. The van der Waals surface area contributed by atoms with Gasteiger partial charge in [0.25, 0.3) is 0 Å². The molecule has 12 rings (SSSR count). The second kappa shape index (κ2) is 34.0. The Morgan fingerprint density at radius 2 is 0.457 bits per heavy atom. The van der Waals surface area contributed by atoms with Crippen molar-refractivity contribution in [2.24, 2.45) is 0 Å². The minimum Gasteiger partial charge on any atom is -0.491 e. The van der Waals surface area contributed by atoms with Crippen LogP contribution in [0.1, 0.15) is 102 Å². The average molecular weight is 1260 g/mol. The Bertz CT molecular complexity index is 3150. The van der Waals surface area contributed by atoms with E-state index >= 15 is 0 Å². The molecule has 0 radical (unpaired) electrons. The second-order valence-electron chi connectivity index (χ2n) is 23.9. The summed E-state index contributed by atoms with van der Waals surface area (Å²) in [5, 5.41) is 20.9.